The highest BCUT2D eigenvalue weighted by Crippen LogP contribution is 2.19. The predicted octanol–water partition coefficient (Wildman–Crippen LogP) is 1.35. The third kappa shape index (κ3) is 2.02. The zero-order valence-electron chi connectivity index (χ0n) is 9.16. The Balaban J connectivity index is 2.15. The van der Waals surface area contributed by atoms with Gasteiger partial charge in [-0.3, -0.25) is 10.1 Å². The molecule has 1 N–H and O–H groups in total. The molecule has 3 heteroatoms. The van der Waals surface area contributed by atoms with E-state index in [1.165, 1.54) is 5.56 Å². The van der Waals surface area contributed by atoms with Crippen LogP contribution < -0.4 is 5.32 Å². The Morgan fingerprint density at radius 3 is 2.53 bits per heavy atom. The number of hydrogen-bond acceptors (Lipinski definition) is 2. The molecule has 2 rings (SSSR count). The number of nitrogens with zero attached hydrogens (tertiary/aromatic N) is 1. The van der Waals surface area contributed by atoms with E-state index in [9.17, 15) is 4.79 Å². The lowest BCUT2D eigenvalue weighted by Gasteiger charge is -2.31. The zero-order chi connectivity index (χ0) is 10.9. The highest BCUT2D eigenvalue weighted by Gasteiger charge is 2.36. The number of nitrogens with one attached hydrogen (secondary N) is 1. The first kappa shape index (κ1) is 10.2. The van der Waals surface area contributed by atoms with Gasteiger partial charge in [0.05, 0.1) is 12.2 Å². The number of carbonyl (C=O) groups excluding carboxylic acids is 1. The van der Waals surface area contributed by atoms with Crippen LogP contribution >= 0.6 is 0 Å². The van der Waals surface area contributed by atoms with Crippen LogP contribution in [-0.2, 0) is 11.3 Å². The molecular weight excluding hydrogens is 188 g/mol. The smallest absolute Gasteiger partial charge is 0.238 e. The summed E-state index contributed by atoms with van der Waals surface area (Å²) in [5.74, 6) is 0.170. The van der Waals surface area contributed by atoms with Crippen molar-refractivity contribution < 1.29 is 4.79 Å². The van der Waals surface area contributed by atoms with Crippen LogP contribution in [0, 0.1) is 0 Å². The van der Waals surface area contributed by atoms with E-state index in [0.717, 1.165) is 0 Å². The standard InChI is InChI=1S/C12H16N2O/c1-12(2)13-8-11(15)14(12)9-10-6-4-3-5-7-10/h3-7,13H,8-9H2,1-2H3. The normalized spacial score (nSPS) is 19.6. The van der Waals surface area contributed by atoms with Crippen molar-refractivity contribution >= 4 is 5.91 Å². The summed E-state index contributed by atoms with van der Waals surface area (Å²) in [5, 5.41) is 3.19. The molecule has 1 aliphatic heterocycles. The van der Waals surface area contributed by atoms with Crippen LogP contribution in [-0.4, -0.2) is 23.0 Å². The topological polar surface area (TPSA) is 32.3 Å². The van der Waals surface area contributed by atoms with Gasteiger partial charge in [-0.05, 0) is 19.4 Å². The summed E-state index contributed by atoms with van der Waals surface area (Å²) in [5.41, 5.74) is 0.940. The molecule has 0 spiro atoms. The van der Waals surface area contributed by atoms with Gasteiger partial charge in [0.15, 0.2) is 0 Å². The molecule has 1 aromatic carbocycles. The molecule has 1 fully saturated rings. The van der Waals surface area contributed by atoms with E-state index in [1.807, 2.05) is 49.1 Å². The molecule has 0 radical (unpaired) electrons. The Kier molecular flexibility index (Phi) is 2.49. The predicted molar refractivity (Wildman–Crippen MR) is 59.1 cm³/mol. The fraction of sp³-hybridized carbons (Fsp3) is 0.417. The second kappa shape index (κ2) is 3.66. The highest BCUT2D eigenvalue weighted by molar-refractivity contribution is 5.81. The number of hydrogen-bond donors (Lipinski definition) is 1. The molecule has 0 aromatic heterocycles. The summed E-state index contributed by atoms with van der Waals surface area (Å²) in [4.78, 5) is 13.5. The average Bonchev–Trinajstić information content (AvgIpc) is 2.47. The summed E-state index contributed by atoms with van der Waals surface area (Å²) < 4.78 is 0. The quantitative estimate of drug-likeness (QED) is 0.788. The van der Waals surface area contributed by atoms with E-state index < -0.39 is 0 Å². The molecule has 80 valence electrons. The summed E-state index contributed by atoms with van der Waals surface area (Å²) in [7, 11) is 0. The first-order chi connectivity index (χ1) is 7.09. The molecule has 0 aliphatic carbocycles. The molecule has 1 amide bonds. The minimum absolute atomic E-state index is 0.170. The van der Waals surface area contributed by atoms with E-state index in [0.29, 0.717) is 13.1 Å². The van der Waals surface area contributed by atoms with Gasteiger partial charge in [0.2, 0.25) is 5.91 Å². The Bertz CT molecular complexity index is 359. The van der Waals surface area contributed by atoms with Gasteiger partial charge in [0.1, 0.15) is 0 Å². The van der Waals surface area contributed by atoms with Crippen molar-refractivity contribution in [1.29, 1.82) is 0 Å². The number of carbonyl (C=O) groups is 1. The second-order valence-corrected chi connectivity index (χ2v) is 4.38. The van der Waals surface area contributed by atoms with Crippen molar-refractivity contribution in [1.82, 2.24) is 10.2 Å². The Labute approximate surface area is 90.1 Å². The van der Waals surface area contributed by atoms with E-state index >= 15 is 0 Å². The molecule has 0 bridgehead atoms. The SMILES string of the molecule is CC1(C)NCC(=O)N1Cc1ccccc1. The Hall–Kier alpha value is -1.35. The largest absolute Gasteiger partial charge is 0.320 e. The first-order valence-electron chi connectivity index (χ1n) is 5.19. The van der Waals surface area contributed by atoms with E-state index in [4.69, 9.17) is 0 Å². The lowest BCUT2D eigenvalue weighted by atomic mass is 10.1. The lowest BCUT2D eigenvalue weighted by Crippen LogP contribution is -2.46. The van der Waals surface area contributed by atoms with Gasteiger partial charge in [-0.25, -0.2) is 0 Å². The van der Waals surface area contributed by atoms with Crippen molar-refractivity contribution in [3.05, 3.63) is 35.9 Å². The zero-order valence-corrected chi connectivity index (χ0v) is 9.16. The van der Waals surface area contributed by atoms with Crippen LogP contribution in [0.15, 0.2) is 30.3 Å². The number of benzene rings is 1. The van der Waals surface area contributed by atoms with E-state index in [-0.39, 0.29) is 11.6 Å². The molecule has 1 heterocycles. The van der Waals surface area contributed by atoms with Gasteiger partial charge in [-0.1, -0.05) is 30.3 Å². The van der Waals surface area contributed by atoms with Gasteiger partial charge >= 0.3 is 0 Å². The van der Waals surface area contributed by atoms with Gasteiger partial charge in [-0.15, -0.1) is 0 Å². The maximum atomic E-state index is 11.7. The third-order valence-electron chi connectivity index (χ3n) is 2.83. The van der Waals surface area contributed by atoms with Crippen molar-refractivity contribution in [2.45, 2.75) is 26.1 Å². The molecule has 1 aromatic rings. The molecule has 3 nitrogen and oxygen atoms in total. The molecule has 0 saturated carbocycles. The number of rotatable bonds is 2. The van der Waals surface area contributed by atoms with Gasteiger partial charge in [0.25, 0.3) is 0 Å². The molecule has 1 aliphatic rings. The Morgan fingerprint density at radius 1 is 1.33 bits per heavy atom. The summed E-state index contributed by atoms with van der Waals surface area (Å²) in [6.45, 7) is 5.18. The minimum atomic E-state index is -0.229. The lowest BCUT2D eigenvalue weighted by molar-refractivity contribution is -0.130. The summed E-state index contributed by atoms with van der Waals surface area (Å²) in [6, 6.07) is 10.1. The second-order valence-electron chi connectivity index (χ2n) is 4.38. The monoisotopic (exact) mass is 204 g/mol. The van der Waals surface area contributed by atoms with Gasteiger partial charge < -0.3 is 4.90 Å². The van der Waals surface area contributed by atoms with Crippen molar-refractivity contribution in [2.24, 2.45) is 0 Å². The maximum absolute atomic E-state index is 11.7. The molecule has 0 atom stereocenters. The van der Waals surface area contributed by atoms with Crippen LogP contribution in [0.25, 0.3) is 0 Å². The maximum Gasteiger partial charge on any atom is 0.238 e. The molecule has 0 unspecified atom stereocenters. The minimum Gasteiger partial charge on any atom is -0.320 e. The summed E-state index contributed by atoms with van der Waals surface area (Å²) >= 11 is 0. The van der Waals surface area contributed by atoms with Crippen LogP contribution in [0.3, 0.4) is 0 Å². The van der Waals surface area contributed by atoms with Crippen LogP contribution in [0.2, 0.25) is 0 Å². The molecule has 15 heavy (non-hydrogen) atoms. The Morgan fingerprint density at radius 2 is 2.00 bits per heavy atom. The number of amides is 1. The van der Waals surface area contributed by atoms with Gasteiger partial charge in [-0.2, -0.15) is 0 Å². The van der Waals surface area contributed by atoms with Crippen LogP contribution in [0.1, 0.15) is 19.4 Å². The van der Waals surface area contributed by atoms with Gasteiger partial charge in [0, 0.05) is 6.54 Å². The van der Waals surface area contributed by atoms with E-state index in [1.54, 1.807) is 0 Å². The highest BCUT2D eigenvalue weighted by atomic mass is 16.2. The van der Waals surface area contributed by atoms with Crippen LogP contribution in [0.5, 0.6) is 0 Å². The van der Waals surface area contributed by atoms with Crippen LogP contribution in [0.4, 0.5) is 0 Å². The van der Waals surface area contributed by atoms with E-state index in [2.05, 4.69) is 5.32 Å². The van der Waals surface area contributed by atoms with Crippen molar-refractivity contribution in [3.63, 3.8) is 0 Å². The average molecular weight is 204 g/mol. The molecule has 1 saturated heterocycles. The van der Waals surface area contributed by atoms with Crippen molar-refractivity contribution in [3.8, 4) is 0 Å². The van der Waals surface area contributed by atoms with Crippen molar-refractivity contribution in [2.75, 3.05) is 6.54 Å². The fourth-order valence-corrected chi connectivity index (χ4v) is 1.85. The third-order valence-corrected chi connectivity index (χ3v) is 2.83. The first-order valence-corrected chi connectivity index (χ1v) is 5.19. The molecular formula is C12H16N2O. The summed E-state index contributed by atoms with van der Waals surface area (Å²) in [6.07, 6.45) is 0. The fourth-order valence-electron chi connectivity index (χ4n) is 1.85.